The van der Waals surface area contributed by atoms with E-state index in [0.29, 0.717) is 31.3 Å². The molecule has 0 bridgehead atoms. The van der Waals surface area contributed by atoms with Gasteiger partial charge in [0.1, 0.15) is 17.2 Å². The van der Waals surface area contributed by atoms with Crippen LogP contribution in [0.1, 0.15) is 33.3 Å². The molecule has 1 fully saturated rings. The number of nitrogens with one attached hydrogen (secondary N) is 1. The minimum Gasteiger partial charge on any atom is -0.444 e. The normalized spacial score (nSPS) is 16.2. The van der Waals surface area contributed by atoms with Gasteiger partial charge >= 0.3 is 6.09 Å². The number of benzene rings is 1. The lowest BCUT2D eigenvalue weighted by atomic mass is 10.1. The number of rotatable bonds is 4. The molecular formula is C27H32N8O2. The lowest BCUT2D eigenvalue weighted by molar-refractivity contribution is 0.0218. The standard InChI is InChI=1S/C27H32N8O2/c1-18-6-7-21-22(14-18)35(32-25(21)31-23-16-28-10-11-29-23)20-8-9-30-24(15-20)34-13-12-33(17-19(34)2)26(36)37-27(3,4)5/h6-11,14-16,19H,12-13,17H2,1-5H3,(H,29,31,32)/t19-/m0/s1. The van der Waals surface area contributed by atoms with Crippen molar-refractivity contribution >= 4 is 34.4 Å². The number of aromatic nitrogens is 5. The van der Waals surface area contributed by atoms with Crippen LogP contribution < -0.4 is 10.2 Å². The zero-order chi connectivity index (χ0) is 26.2. The summed E-state index contributed by atoms with van der Waals surface area (Å²) in [6.07, 6.45) is 6.48. The second kappa shape index (κ2) is 9.68. The van der Waals surface area contributed by atoms with Crippen molar-refractivity contribution in [3.8, 4) is 5.69 Å². The zero-order valence-corrected chi connectivity index (χ0v) is 21.8. The summed E-state index contributed by atoms with van der Waals surface area (Å²) in [5, 5.41) is 9.17. The zero-order valence-electron chi connectivity index (χ0n) is 21.8. The van der Waals surface area contributed by atoms with Crippen molar-refractivity contribution in [2.24, 2.45) is 0 Å². The molecule has 0 unspecified atom stereocenters. The maximum Gasteiger partial charge on any atom is 0.410 e. The van der Waals surface area contributed by atoms with Gasteiger partial charge in [-0.1, -0.05) is 6.07 Å². The number of pyridine rings is 1. The van der Waals surface area contributed by atoms with Gasteiger partial charge in [-0.25, -0.2) is 19.4 Å². The molecule has 10 heteroatoms. The molecule has 1 amide bonds. The predicted octanol–water partition coefficient (Wildman–Crippen LogP) is 4.71. The van der Waals surface area contributed by atoms with E-state index in [1.54, 1.807) is 29.7 Å². The smallest absolute Gasteiger partial charge is 0.410 e. The van der Waals surface area contributed by atoms with E-state index >= 15 is 0 Å². The van der Waals surface area contributed by atoms with E-state index in [4.69, 9.17) is 9.84 Å². The molecule has 1 atom stereocenters. The largest absolute Gasteiger partial charge is 0.444 e. The molecule has 5 rings (SSSR count). The maximum atomic E-state index is 12.6. The summed E-state index contributed by atoms with van der Waals surface area (Å²) in [5.41, 5.74) is 2.50. The fraction of sp³-hybridized carbons (Fsp3) is 0.370. The highest BCUT2D eigenvalue weighted by molar-refractivity contribution is 5.93. The van der Waals surface area contributed by atoms with Gasteiger partial charge in [-0.15, -0.1) is 5.10 Å². The first-order valence-electron chi connectivity index (χ1n) is 12.4. The van der Waals surface area contributed by atoms with E-state index in [-0.39, 0.29) is 12.1 Å². The number of fused-ring (bicyclic) bond motifs is 1. The number of amides is 1. The minimum atomic E-state index is -0.515. The van der Waals surface area contributed by atoms with Crippen LogP contribution in [-0.2, 0) is 4.74 Å². The van der Waals surface area contributed by atoms with Crippen LogP contribution in [-0.4, -0.2) is 67.0 Å². The minimum absolute atomic E-state index is 0.0783. The van der Waals surface area contributed by atoms with Gasteiger partial charge in [-0.2, -0.15) is 0 Å². The van der Waals surface area contributed by atoms with Crippen molar-refractivity contribution in [3.05, 3.63) is 60.7 Å². The summed E-state index contributed by atoms with van der Waals surface area (Å²) >= 11 is 0. The van der Waals surface area contributed by atoms with Gasteiger partial charge in [-0.3, -0.25) is 4.98 Å². The van der Waals surface area contributed by atoms with Gasteiger partial charge in [0.15, 0.2) is 5.82 Å². The average molecular weight is 501 g/mol. The monoisotopic (exact) mass is 500 g/mol. The first-order valence-corrected chi connectivity index (χ1v) is 12.4. The fourth-order valence-electron chi connectivity index (χ4n) is 4.49. The van der Waals surface area contributed by atoms with Gasteiger partial charge < -0.3 is 19.9 Å². The third-order valence-electron chi connectivity index (χ3n) is 6.19. The lowest BCUT2D eigenvalue weighted by Crippen LogP contribution is -2.54. The van der Waals surface area contributed by atoms with Crippen LogP contribution in [0, 0.1) is 6.92 Å². The number of aryl methyl sites for hydroxylation is 1. The molecule has 0 aliphatic carbocycles. The number of carbonyl (C=O) groups excluding carboxylic acids is 1. The third kappa shape index (κ3) is 5.32. The number of hydrogen-bond donors (Lipinski definition) is 1. The molecule has 4 heterocycles. The number of nitrogens with zero attached hydrogens (tertiary/aromatic N) is 7. The molecule has 1 aromatic carbocycles. The summed E-state index contributed by atoms with van der Waals surface area (Å²) in [5.74, 6) is 2.17. The van der Waals surface area contributed by atoms with Crippen LogP contribution in [0.2, 0.25) is 0 Å². The quantitative estimate of drug-likeness (QED) is 0.430. The van der Waals surface area contributed by atoms with Gasteiger partial charge in [0.05, 0.1) is 17.4 Å². The van der Waals surface area contributed by atoms with Gasteiger partial charge in [-0.05, 0) is 58.4 Å². The Bertz CT molecular complexity index is 1410. The highest BCUT2D eigenvalue weighted by atomic mass is 16.6. The Morgan fingerprint density at radius 2 is 1.92 bits per heavy atom. The van der Waals surface area contributed by atoms with Crippen LogP contribution in [0.25, 0.3) is 16.6 Å². The number of piperazine rings is 1. The summed E-state index contributed by atoms with van der Waals surface area (Å²) in [6, 6.07) is 10.3. The van der Waals surface area contributed by atoms with Crippen molar-refractivity contribution in [1.29, 1.82) is 0 Å². The van der Waals surface area contributed by atoms with Crippen molar-refractivity contribution < 1.29 is 9.53 Å². The first kappa shape index (κ1) is 24.5. The van der Waals surface area contributed by atoms with E-state index in [9.17, 15) is 4.79 Å². The molecule has 4 aromatic rings. The third-order valence-corrected chi connectivity index (χ3v) is 6.19. The Kier molecular flexibility index (Phi) is 6.41. The Morgan fingerprint density at radius 3 is 2.65 bits per heavy atom. The SMILES string of the molecule is Cc1ccc2c(Nc3cnccn3)nn(-c3ccnc(N4CCN(C(=O)OC(C)(C)C)C[C@@H]4C)c3)c2c1. The maximum absolute atomic E-state index is 12.6. The second-order valence-electron chi connectivity index (χ2n) is 10.3. The highest BCUT2D eigenvalue weighted by Gasteiger charge is 2.30. The number of anilines is 3. The van der Waals surface area contributed by atoms with Crippen LogP contribution >= 0.6 is 0 Å². The molecular weight excluding hydrogens is 468 g/mol. The molecule has 0 saturated carbocycles. The number of hydrogen-bond acceptors (Lipinski definition) is 8. The Balaban J connectivity index is 1.43. The van der Waals surface area contributed by atoms with Crippen LogP contribution in [0.3, 0.4) is 0 Å². The average Bonchev–Trinajstić information content (AvgIpc) is 3.21. The van der Waals surface area contributed by atoms with Crippen molar-refractivity contribution in [2.45, 2.75) is 46.3 Å². The van der Waals surface area contributed by atoms with Crippen molar-refractivity contribution in [3.63, 3.8) is 0 Å². The van der Waals surface area contributed by atoms with E-state index in [1.165, 1.54) is 0 Å². The Hall–Kier alpha value is -4.21. The first-order chi connectivity index (χ1) is 17.7. The molecule has 10 nitrogen and oxygen atoms in total. The Labute approximate surface area is 216 Å². The van der Waals surface area contributed by atoms with E-state index in [1.807, 2.05) is 37.6 Å². The predicted molar refractivity (Wildman–Crippen MR) is 144 cm³/mol. The van der Waals surface area contributed by atoms with Gasteiger partial charge in [0.2, 0.25) is 0 Å². The molecule has 1 aliphatic heterocycles. The summed E-state index contributed by atoms with van der Waals surface area (Å²) in [6.45, 7) is 11.6. The molecule has 0 spiro atoms. The highest BCUT2D eigenvalue weighted by Crippen LogP contribution is 2.30. The molecule has 3 aromatic heterocycles. The number of ether oxygens (including phenoxy) is 1. The summed E-state index contributed by atoms with van der Waals surface area (Å²) < 4.78 is 7.49. The molecule has 192 valence electrons. The van der Waals surface area contributed by atoms with Crippen LogP contribution in [0.15, 0.2) is 55.1 Å². The molecule has 1 saturated heterocycles. The Morgan fingerprint density at radius 1 is 1.08 bits per heavy atom. The van der Waals surface area contributed by atoms with Crippen LogP contribution in [0.5, 0.6) is 0 Å². The summed E-state index contributed by atoms with van der Waals surface area (Å²) in [4.78, 5) is 29.7. The molecule has 37 heavy (non-hydrogen) atoms. The molecule has 1 aliphatic rings. The fourth-order valence-corrected chi connectivity index (χ4v) is 4.49. The topological polar surface area (TPSA) is 101 Å². The van der Waals surface area contributed by atoms with Crippen molar-refractivity contribution in [2.75, 3.05) is 29.9 Å². The summed E-state index contributed by atoms with van der Waals surface area (Å²) in [7, 11) is 0. The number of carbonyl (C=O) groups is 1. The van der Waals surface area contributed by atoms with Gasteiger partial charge in [0, 0.05) is 55.7 Å². The van der Waals surface area contributed by atoms with E-state index in [2.05, 4.69) is 57.2 Å². The van der Waals surface area contributed by atoms with E-state index < -0.39 is 5.60 Å². The van der Waals surface area contributed by atoms with Crippen LogP contribution in [0.4, 0.5) is 22.2 Å². The van der Waals surface area contributed by atoms with Gasteiger partial charge in [0.25, 0.3) is 0 Å². The van der Waals surface area contributed by atoms with Crippen molar-refractivity contribution in [1.82, 2.24) is 29.6 Å². The van der Waals surface area contributed by atoms with E-state index in [0.717, 1.165) is 28.0 Å². The second-order valence-corrected chi connectivity index (χ2v) is 10.3. The lowest BCUT2D eigenvalue weighted by Gasteiger charge is -2.40. The molecule has 1 N–H and O–H groups in total. The molecule has 0 radical (unpaired) electrons.